The summed E-state index contributed by atoms with van der Waals surface area (Å²) in [5, 5.41) is 2.72. The predicted octanol–water partition coefficient (Wildman–Crippen LogP) is 5.72. The molecule has 1 aliphatic rings. The van der Waals surface area contributed by atoms with Crippen LogP contribution in [0.15, 0.2) is 76.5 Å². The normalized spacial score (nSPS) is 13.2. The molecular weight excluding hydrogens is 453 g/mol. The van der Waals surface area contributed by atoms with Crippen LogP contribution in [0.2, 0.25) is 0 Å². The minimum atomic E-state index is -4.47. The minimum absolute atomic E-state index is 0.104. The van der Waals surface area contributed by atoms with Gasteiger partial charge in [0.2, 0.25) is 0 Å². The zero-order chi connectivity index (χ0) is 23.6. The van der Waals surface area contributed by atoms with Crippen LogP contribution in [0.4, 0.5) is 24.5 Å². The van der Waals surface area contributed by atoms with Crippen molar-refractivity contribution in [3.05, 3.63) is 83.4 Å². The molecule has 1 aliphatic heterocycles. The number of methoxy groups -OCH3 is 1. The second-order valence-electron chi connectivity index (χ2n) is 7.26. The van der Waals surface area contributed by atoms with Crippen molar-refractivity contribution in [2.45, 2.75) is 16.0 Å². The topological polar surface area (TPSA) is 58.6 Å². The number of hydrogen-bond acceptors (Lipinski definition) is 4. The van der Waals surface area contributed by atoms with Crippen molar-refractivity contribution in [1.29, 1.82) is 0 Å². The number of carbonyl (C=O) groups is 2. The van der Waals surface area contributed by atoms with Crippen LogP contribution >= 0.6 is 11.8 Å². The van der Waals surface area contributed by atoms with E-state index >= 15 is 0 Å². The Labute approximate surface area is 192 Å². The summed E-state index contributed by atoms with van der Waals surface area (Å²) in [6.45, 7) is 0.707. The van der Waals surface area contributed by atoms with Crippen LogP contribution in [0.25, 0.3) is 0 Å². The van der Waals surface area contributed by atoms with Crippen molar-refractivity contribution in [1.82, 2.24) is 0 Å². The summed E-state index contributed by atoms with van der Waals surface area (Å²) in [4.78, 5) is 28.9. The average Bonchev–Trinajstić information content (AvgIpc) is 2.91. The number of nitrogens with one attached hydrogen (secondary N) is 1. The summed E-state index contributed by atoms with van der Waals surface area (Å²) >= 11 is 1.41. The van der Waals surface area contributed by atoms with E-state index in [2.05, 4.69) is 5.32 Å². The molecule has 0 unspecified atom stereocenters. The first-order valence-corrected chi connectivity index (χ1v) is 10.8. The standard InChI is InChI=1S/C24H19F3N2O3S/c1-32-13-12-29-19-11-10-17(14-21(19)33-20-5-3-2-4-18(20)23(29)31)28-22(30)15-6-8-16(9-7-15)24(25,26)27/h2-11,14H,12-13H2,1H3,(H,28,30). The van der Waals surface area contributed by atoms with Gasteiger partial charge in [0.15, 0.2) is 0 Å². The number of ether oxygens (including phenoxy) is 1. The maximum atomic E-state index is 13.2. The smallest absolute Gasteiger partial charge is 0.383 e. The van der Waals surface area contributed by atoms with Gasteiger partial charge in [-0.05, 0) is 54.6 Å². The fourth-order valence-corrected chi connectivity index (χ4v) is 4.54. The molecule has 0 spiro atoms. The molecule has 0 atom stereocenters. The fourth-order valence-electron chi connectivity index (χ4n) is 3.42. The summed E-state index contributed by atoms with van der Waals surface area (Å²) in [7, 11) is 1.56. The lowest BCUT2D eigenvalue weighted by Gasteiger charge is -2.23. The SMILES string of the molecule is COCCN1C(=O)c2ccccc2Sc2cc(NC(=O)c3ccc(C(F)(F)F)cc3)ccc21. The average molecular weight is 472 g/mol. The number of amides is 2. The van der Waals surface area contributed by atoms with Gasteiger partial charge in [-0.3, -0.25) is 9.59 Å². The van der Waals surface area contributed by atoms with Crippen LogP contribution in [0.3, 0.4) is 0 Å². The zero-order valence-corrected chi connectivity index (χ0v) is 18.3. The molecule has 4 rings (SSSR count). The Morgan fingerprint density at radius 1 is 1.03 bits per heavy atom. The number of fused-ring (bicyclic) bond motifs is 2. The van der Waals surface area contributed by atoms with Gasteiger partial charge in [0.1, 0.15) is 0 Å². The number of benzene rings is 3. The van der Waals surface area contributed by atoms with Crippen molar-refractivity contribution in [3.8, 4) is 0 Å². The first-order valence-electron chi connectivity index (χ1n) is 9.98. The Bertz CT molecular complexity index is 1200. The molecule has 33 heavy (non-hydrogen) atoms. The quantitative estimate of drug-likeness (QED) is 0.516. The van der Waals surface area contributed by atoms with E-state index in [1.807, 2.05) is 12.1 Å². The molecule has 3 aromatic carbocycles. The molecule has 2 amide bonds. The highest BCUT2D eigenvalue weighted by Gasteiger charge is 2.30. The molecule has 0 saturated heterocycles. The van der Waals surface area contributed by atoms with E-state index in [1.165, 1.54) is 11.8 Å². The number of anilines is 2. The zero-order valence-electron chi connectivity index (χ0n) is 17.5. The molecule has 3 aromatic rings. The molecule has 0 bridgehead atoms. The van der Waals surface area contributed by atoms with Gasteiger partial charge in [-0.2, -0.15) is 13.2 Å². The molecular formula is C24H19F3N2O3S. The first kappa shape index (κ1) is 22.9. The lowest BCUT2D eigenvalue weighted by molar-refractivity contribution is -0.137. The van der Waals surface area contributed by atoms with E-state index in [0.29, 0.717) is 30.1 Å². The number of hydrogen-bond donors (Lipinski definition) is 1. The van der Waals surface area contributed by atoms with Gasteiger partial charge in [-0.15, -0.1) is 0 Å². The van der Waals surface area contributed by atoms with E-state index in [-0.39, 0.29) is 11.5 Å². The fraction of sp³-hybridized carbons (Fsp3) is 0.167. The molecule has 0 aliphatic carbocycles. The van der Waals surface area contributed by atoms with Crippen LogP contribution in [-0.4, -0.2) is 32.1 Å². The molecule has 9 heteroatoms. The van der Waals surface area contributed by atoms with E-state index in [1.54, 1.807) is 42.3 Å². The highest BCUT2D eigenvalue weighted by atomic mass is 32.2. The third kappa shape index (κ3) is 4.89. The third-order valence-corrected chi connectivity index (χ3v) is 6.21. The predicted molar refractivity (Wildman–Crippen MR) is 120 cm³/mol. The Morgan fingerprint density at radius 3 is 2.45 bits per heavy atom. The molecule has 0 radical (unpaired) electrons. The van der Waals surface area contributed by atoms with Gasteiger partial charge < -0.3 is 15.0 Å². The van der Waals surface area contributed by atoms with Crippen LogP contribution < -0.4 is 10.2 Å². The summed E-state index contributed by atoms with van der Waals surface area (Å²) in [5.74, 6) is -0.676. The van der Waals surface area contributed by atoms with Crippen LogP contribution in [0, 0.1) is 0 Å². The monoisotopic (exact) mass is 472 g/mol. The first-order chi connectivity index (χ1) is 15.8. The van der Waals surface area contributed by atoms with Gasteiger partial charge in [0.05, 0.1) is 23.4 Å². The van der Waals surface area contributed by atoms with Crippen molar-refractivity contribution in [2.75, 3.05) is 30.5 Å². The van der Waals surface area contributed by atoms with Crippen molar-refractivity contribution >= 4 is 35.0 Å². The van der Waals surface area contributed by atoms with Crippen molar-refractivity contribution < 1.29 is 27.5 Å². The number of rotatable bonds is 5. The van der Waals surface area contributed by atoms with Gasteiger partial charge in [0, 0.05) is 34.7 Å². The number of nitrogens with zero attached hydrogens (tertiary/aromatic N) is 1. The second-order valence-corrected chi connectivity index (χ2v) is 8.34. The summed E-state index contributed by atoms with van der Waals surface area (Å²) in [6.07, 6.45) is -4.47. The Hall–Kier alpha value is -3.30. The van der Waals surface area contributed by atoms with Crippen LogP contribution in [0.1, 0.15) is 26.3 Å². The summed E-state index contributed by atoms with van der Waals surface area (Å²) in [5.41, 5.74) is 1.01. The molecule has 170 valence electrons. The minimum Gasteiger partial charge on any atom is -0.383 e. The van der Waals surface area contributed by atoms with Gasteiger partial charge in [-0.25, -0.2) is 0 Å². The maximum absolute atomic E-state index is 13.2. The molecule has 5 nitrogen and oxygen atoms in total. The van der Waals surface area contributed by atoms with Gasteiger partial charge >= 0.3 is 6.18 Å². The van der Waals surface area contributed by atoms with Gasteiger partial charge in [0.25, 0.3) is 11.8 Å². The molecule has 0 fully saturated rings. The van der Waals surface area contributed by atoms with Crippen LogP contribution in [-0.2, 0) is 10.9 Å². The second kappa shape index (κ2) is 9.29. The van der Waals surface area contributed by atoms with E-state index in [4.69, 9.17) is 4.74 Å². The highest BCUT2D eigenvalue weighted by molar-refractivity contribution is 7.99. The Morgan fingerprint density at radius 2 is 1.76 bits per heavy atom. The Balaban J connectivity index is 1.62. The number of alkyl halides is 3. The summed E-state index contributed by atoms with van der Waals surface area (Å²) < 4.78 is 43.5. The van der Waals surface area contributed by atoms with Crippen molar-refractivity contribution in [3.63, 3.8) is 0 Å². The molecule has 0 aromatic heterocycles. The molecule has 1 heterocycles. The van der Waals surface area contributed by atoms with E-state index in [0.717, 1.165) is 34.1 Å². The lowest BCUT2D eigenvalue weighted by Crippen LogP contribution is -2.33. The molecule has 0 saturated carbocycles. The van der Waals surface area contributed by atoms with Gasteiger partial charge in [-0.1, -0.05) is 23.9 Å². The van der Waals surface area contributed by atoms with Crippen LogP contribution in [0.5, 0.6) is 0 Å². The van der Waals surface area contributed by atoms with E-state index < -0.39 is 17.6 Å². The lowest BCUT2D eigenvalue weighted by atomic mass is 10.1. The largest absolute Gasteiger partial charge is 0.416 e. The third-order valence-electron chi connectivity index (χ3n) is 5.08. The summed E-state index contributed by atoms with van der Waals surface area (Å²) in [6, 6.07) is 16.4. The Kier molecular flexibility index (Phi) is 6.44. The van der Waals surface area contributed by atoms with E-state index in [9.17, 15) is 22.8 Å². The number of halogens is 3. The number of carbonyl (C=O) groups excluding carboxylic acids is 2. The van der Waals surface area contributed by atoms with Crippen molar-refractivity contribution in [2.24, 2.45) is 0 Å². The highest BCUT2D eigenvalue weighted by Crippen LogP contribution is 2.42. The molecule has 1 N–H and O–H groups in total. The maximum Gasteiger partial charge on any atom is 0.416 e.